The molecule has 0 fully saturated rings. The molecule has 0 saturated heterocycles. The molecular formula is C14H18N4O. The third kappa shape index (κ3) is 2.93. The molecule has 0 radical (unpaired) electrons. The number of nitrogens with one attached hydrogen (secondary N) is 1. The van der Waals surface area contributed by atoms with Crippen molar-refractivity contribution in [2.24, 2.45) is 7.05 Å². The predicted octanol–water partition coefficient (Wildman–Crippen LogP) is 2.13. The fourth-order valence-corrected chi connectivity index (χ4v) is 2.04. The molecule has 1 heterocycles. The number of hydrogen-bond acceptors (Lipinski definition) is 3. The van der Waals surface area contributed by atoms with Gasteiger partial charge in [-0.25, -0.2) is 0 Å². The molecule has 100 valence electrons. The van der Waals surface area contributed by atoms with Crippen LogP contribution in [-0.2, 0) is 13.5 Å². The second-order valence-electron chi connectivity index (χ2n) is 4.60. The van der Waals surface area contributed by atoms with Gasteiger partial charge in [0.2, 0.25) is 0 Å². The van der Waals surface area contributed by atoms with Gasteiger partial charge in [-0.3, -0.25) is 9.48 Å². The summed E-state index contributed by atoms with van der Waals surface area (Å²) in [5.74, 6) is -0.168. The molecule has 2 aromatic rings. The van der Waals surface area contributed by atoms with Gasteiger partial charge in [0.25, 0.3) is 5.91 Å². The van der Waals surface area contributed by atoms with Gasteiger partial charge in [0.15, 0.2) is 0 Å². The standard InChI is InChI=1S/C14H18N4O/c1-4-12-13(8-18(3)17-12)16-14(19)10-5-9(2)6-11(15)7-10/h5-8H,4,15H2,1-3H3,(H,16,19). The molecule has 5 nitrogen and oxygen atoms in total. The van der Waals surface area contributed by atoms with Crippen LogP contribution in [0.1, 0.15) is 28.5 Å². The highest BCUT2D eigenvalue weighted by Gasteiger charge is 2.12. The van der Waals surface area contributed by atoms with Crippen LogP contribution in [0.3, 0.4) is 0 Å². The number of rotatable bonds is 3. The monoisotopic (exact) mass is 258 g/mol. The first kappa shape index (κ1) is 13.1. The maximum atomic E-state index is 12.2. The first-order valence-electron chi connectivity index (χ1n) is 6.20. The lowest BCUT2D eigenvalue weighted by Crippen LogP contribution is -2.13. The van der Waals surface area contributed by atoms with Crippen molar-refractivity contribution in [1.29, 1.82) is 0 Å². The third-order valence-corrected chi connectivity index (χ3v) is 2.85. The quantitative estimate of drug-likeness (QED) is 0.828. The van der Waals surface area contributed by atoms with E-state index in [-0.39, 0.29) is 5.91 Å². The summed E-state index contributed by atoms with van der Waals surface area (Å²) in [4.78, 5) is 12.2. The Morgan fingerprint density at radius 2 is 2.16 bits per heavy atom. The smallest absolute Gasteiger partial charge is 0.255 e. The van der Waals surface area contributed by atoms with Gasteiger partial charge in [-0.1, -0.05) is 6.92 Å². The second kappa shape index (κ2) is 5.14. The Morgan fingerprint density at radius 3 is 2.79 bits per heavy atom. The Labute approximate surface area is 112 Å². The van der Waals surface area contributed by atoms with E-state index in [4.69, 9.17) is 5.73 Å². The van der Waals surface area contributed by atoms with Crippen LogP contribution < -0.4 is 11.1 Å². The number of nitrogen functional groups attached to an aromatic ring is 1. The maximum absolute atomic E-state index is 12.2. The number of anilines is 2. The van der Waals surface area contributed by atoms with Crippen LogP contribution in [0.4, 0.5) is 11.4 Å². The van der Waals surface area contributed by atoms with Crippen molar-refractivity contribution in [2.75, 3.05) is 11.1 Å². The molecule has 0 atom stereocenters. The van der Waals surface area contributed by atoms with E-state index >= 15 is 0 Å². The zero-order chi connectivity index (χ0) is 14.0. The lowest BCUT2D eigenvalue weighted by atomic mass is 10.1. The molecule has 1 amide bonds. The van der Waals surface area contributed by atoms with Crippen LogP contribution >= 0.6 is 0 Å². The maximum Gasteiger partial charge on any atom is 0.255 e. The van der Waals surface area contributed by atoms with Gasteiger partial charge in [-0.15, -0.1) is 0 Å². The molecule has 0 spiro atoms. The molecule has 0 aliphatic rings. The molecule has 0 aliphatic heterocycles. The highest BCUT2D eigenvalue weighted by atomic mass is 16.1. The summed E-state index contributed by atoms with van der Waals surface area (Å²) in [5, 5.41) is 7.16. The van der Waals surface area contributed by atoms with Crippen molar-refractivity contribution < 1.29 is 4.79 Å². The Hall–Kier alpha value is -2.30. The van der Waals surface area contributed by atoms with Crippen LogP contribution in [0, 0.1) is 6.92 Å². The Bertz CT molecular complexity index is 596. The van der Waals surface area contributed by atoms with Crippen molar-refractivity contribution in [3.63, 3.8) is 0 Å². The normalized spacial score (nSPS) is 10.5. The van der Waals surface area contributed by atoms with Gasteiger partial charge in [0.1, 0.15) is 0 Å². The Balaban J connectivity index is 2.25. The molecular weight excluding hydrogens is 240 g/mol. The van der Waals surface area contributed by atoms with Gasteiger partial charge in [0.05, 0.1) is 11.4 Å². The highest BCUT2D eigenvalue weighted by molar-refractivity contribution is 6.05. The Morgan fingerprint density at radius 1 is 1.42 bits per heavy atom. The minimum atomic E-state index is -0.168. The summed E-state index contributed by atoms with van der Waals surface area (Å²) >= 11 is 0. The van der Waals surface area contributed by atoms with Crippen molar-refractivity contribution in [2.45, 2.75) is 20.3 Å². The van der Waals surface area contributed by atoms with Crippen molar-refractivity contribution >= 4 is 17.3 Å². The molecule has 1 aromatic carbocycles. The molecule has 0 bridgehead atoms. The van der Waals surface area contributed by atoms with Crippen molar-refractivity contribution in [1.82, 2.24) is 9.78 Å². The van der Waals surface area contributed by atoms with E-state index in [1.54, 1.807) is 16.9 Å². The summed E-state index contributed by atoms with van der Waals surface area (Å²) in [5.41, 5.74) is 9.48. The van der Waals surface area contributed by atoms with E-state index in [1.807, 2.05) is 33.0 Å². The van der Waals surface area contributed by atoms with E-state index in [0.29, 0.717) is 11.3 Å². The van der Waals surface area contributed by atoms with Gasteiger partial charge in [0, 0.05) is 24.5 Å². The lowest BCUT2D eigenvalue weighted by molar-refractivity contribution is 0.102. The number of aryl methyl sites for hydroxylation is 3. The summed E-state index contributed by atoms with van der Waals surface area (Å²) in [6.45, 7) is 3.91. The molecule has 0 unspecified atom stereocenters. The predicted molar refractivity (Wildman–Crippen MR) is 76.1 cm³/mol. The largest absolute Gasteiger partial charge is 0.399 e. The summed E-state index contributed by atoms with van der Waals surface area (Å²) in [7, 11) is 1.83. The van der Waals surface area contributed by atoms with Crippen LogP contribution in [0.15, 0.2) is 24.4 Å². The topological polar surface area (TPSA) is 72.9 Å². The van der Waals surface area contributed by atoms with Gasteiger partial charge < -0.3 is 11.1 Å². The fourth-order valence-electron chi connectivity index (χ4n) is 2.04. The van der Waals surface area contributed by atoms with Crippen LogP contribution in [0.5, 0.6) is 0 Å². The lowest BCUT2D eigenvalue weighted by Gasteiger charge is -2.06. The molecule has 2 rings (SSSR count). The summed E-state index contributed by atoms with van der Waals surface area (Å²) in [6, 6.07) is 5.32. The summed E-state index contributed by atoms with van der Waals surface area (Å²) in [6.07, 6.45) is 2.57. The molecule has 19 heavy (non-hydrogen) atoms. The minimum absolute atomic E-state index is 0.168. The zero-order valence-electron chi connectivity index (χ0n) is 11.4. The number of amides is 1. The number of nitrogens with zero attached hydrogens (tertiary/aromatic N) is 2. The van der Waals surface area contributed by atoms with E-state index in [9.17, 15) is 4.79 Å². The average molecular weight is 258 g/mol. The Kier molecular flexibility index (Phi) is 3.55. The van der Waals surface area contributed by atoms with E-state index in [2.05, 4.69) is 10.4 Å². The SMILES string of the molecule is CCc1nn(C)cc1NC(=O)c1cc(C)cc(N)c1. The second-order valence-corrected chi connectivity index (χ2v) is 4.60. The first-order chi connectivity index (χ1) is 8.99. The highest BCUT2D eigenvalue weighted by Crippen LogP contribution is 2.17. The summed E-state index contributed by atoms with van der Waals surface area (Å²) < 4.78 is 1.69. The average Bonchev–Trinajstić information content (AvgIpc) is 2.68. The molecule has 0 aliphatic carbocycles. The van der Waals surface area contributed by atoms with Crippen LogP contribution in [0.25, 0.3) is 0 Å². The molecule has 5 heteroatoms. The van der Waals surface area contributed by atoms with Crippen LogP contribution in [-0.4, -0.2) is 15.7 Å². The van der Waals surface area contributed by atoms with Gasteiger partial charge >= 0.3 is 0 Å². The van der Waals surface area contributed by atoms with Crippen molar-refractivity contribution in [3.8, 4) is 0 Å². The number of aromatic nitrogens is 2. The van der Waals surface area contributed by atoms with E-state index in [0.717, 1.165) is 23.4 Å². The fraction of sp³-hybridized carbons (Fsp3) is 0.286. The van der Waals surface area contributed by atoms with Gasteiger partial charge in [-0.2, -0.15) is 5.10 Å². The van der Waals surface area contributed by atoms with Gasteiger partial charge in [-0.05, 0) is 37.1 Å². The zero-order valence-corrected chi connectivity index (χ0v) is 11.4. The molecule has 1 aromatic heterocycles. The van der Waals surface area contributed by atoms with Crippen LogP contribution in [0.2, 0.25) is 0 Å². The number of carbonyl (C=O) groups excluding carboxylic acids is 1. The first-order valence-corrected chi connectivity index (χ1v) is 6.20. The molecule has 0 saturated carbocycles. The third-order valence-electron chi connectivity index (χ3n) is 2.85. The van der Waals surface area contributed by atoms with E-state index < -0.39 is 0 Å². The minimum Gasteiger partial charge on any atom is -0.399 e. The van der Waals surface area contributed by atoms with E-state index in [1.165, 1.54) is 0 Å². The van der Waals surface area contributed by atoms with Crippen molar-refractivity contribution in [3.05, 3.63) is 41.2 Å². The number of benzene rings is 1. The molecule has 3 N–H and O–H groups in total. The number of nitrogens with two attached hydrogens (primary N) is 1. The number of hydrogen-bond donors (Lipinski definition) is 2. The number of carbonyl (C=O) groups is 1.